The molecule has 1 aliphatic carbocycles. The lowest BCUT2D eigenvalue weighted by Gasteiger charge is -2.31. The van der Waals surface area contributed by atoms with Crippen LogP contribution in [0.2, 0.25) is 0 Å². The molecule has 2 heterocycles. The third kappa shape index (κ3) is 3.35. The predicted octanol–water partition coefficient (Wildman–Crippen LogP) is 2.38. The fraction of sp³-hybridized carbons (Fsp3) is 0.643. The van der Waals surface area contributed by atoms with Crippen molar-refractivity contribution in [2.75, 3.05) is 18.8 Å². The Labute approximate surface area is 125 Å². The fourth-order valence-electron chi connectivity index (χ4n) is 2.54. The van der Waals surface area contributed by atoms with Gasteiger partial charge in [0.2, 0.25) is 10.0 Å². The van der Waals surface area contributed by atoms with Gasteiger partial charge < -0.3 is 0 Å². The van der Waals surface area contributed by atoms with Crippen LogP contribution in [0.3, 0.4) is 0 Å². The normalized spacial score (nSPS) is 22.0. The van der Waals surface area contributed by atoms with Gasteiger partial charge in [0, 0.05) is 25.0 Å². The van der Waals surface area contributed by atoms with Crippen molar-refractivity contribution in [3.05, 3.63) is 24.4 Å². The van der Waals surface area contributed by atoms with Crippen LogP contribution in [0.5, 0.6) is 0 Å². The molecule has 3 rings (SSSR count). The standard InChI is InChI=1S/C14H20N2O2S2/c17-20(18,13-4-5-13)16-9-6-12(7-10-16)11-19-14-3-1-2-8-15-14/h1-3,8,12-13H,4-7,9-11H2. The highest BCUT2D eigenvalue weighted by Gasteiger charge is 2.41. The summed E-state index contributed by atoms with van der Waals surface area (Å²) in [6.45, 7) is 1.40. The van der Waals surface area contributed by atoms with E-state index in [-0.39, 0.29) is 5.25 Å². The summed E-state index contributed by atoms with van der Waals surface area (Å²) in [7, 11) is -2.97. The molecule has 1 saturated carbocycles. The molecule has 0 amide bonds. The van der Waals surface area contributed by atoms with E-state index in [1.165, 1.54) is 0 Å². The predicted molar refractivity (Wildman–Crippen MR) is 81.2 cm³/mol. The highest BCUT2D eigenvalue weighted by Crippen LogP contribution is 2.34. The Kier molecular flexibility index (Phi) is 4.33. The van der Waals surface area contributed by atoms with Crippen molar-refractivity contribution < 1.29 is 8.42 Å². The van der Waals surface area contributed by atoms with Crippen LogP contribution in [-0.4, -0.2) is 41.8 Å². The molecule has 1 aromatic heterocycles. The Morgan fingerprint density at radius 3 is 2.55 bits per heavy atom. The first-order valence-electron chi connectivity index (χ1n) is 7.19. The number of hydrogen-bond donors (Lipinski definition) is 0. The van der Waals surface area contributed by atoms with Gasteiger partial charge in [0.05, 0.1) is 10.3 Å². The molecule has 4 nitrogen and oxygen atoms in total. The van der Waals surface area contributed by atoms with Gasteiger partial charge >= 0.3 is 0 Å². The van der Waals surface area contributed by atoms with Crippen molar-refractivity contribution in [2.24, 2.45) is 5.92 Å². The average molecular weight is 312 g/mol. The van der Waals surface area contributed by atoms with Crippen LogP contribution in [0.25, 0.3) is 0 Å². The molecule has 20 heavy (non-hydrogen) atoms. The number of hydrogen-bond acceptors (Lipinski definition) is 4. The number of sulfonamides is 1. The second kappa shape index (κ2) is 6.03. The zero-order chi connectivity index (χ0) is 14.0. The van der Waals surface area contributed by atoms with Crippen LogP contribution in [0, 0.1) is 5.92 Å². The topological polar surface area (TPSA) is 50.3 Å². The second-order valence-corrected chi connectivity index (χ2v) is 8.82. The number of nitrogens with zero attached hydrogens (tertiary/aromatic N) is 2. The van der Waals surface area contributed by atoms with Crippen molar-refractivity contribution in [3.63, 3.8) is 0 Å². The third-order valence-corrected chi connectivity index (χ3v) is 7.56. The number of aromatic nitrogens is 1. The minimum Gasteiger partial charge on any atom is -0.250 e. The number of thioether (sulfide) groups is 1. The van der Waals surface area contributed by atoms with Gasteiger partial charge in [-0.3, -0.25) is 0 Å². The van der Waals surface area contributed by atoms with Gasteiger partial charge in [0.1, 0.15) is 0 Å². The van der Waals surface area contributed by atoms with Crippen molar-refractivity contribution in [1.29, 1.82) is 0 Å². The SMILES string of the molecule is O=S(=O)(C1CC1)N1CCC(CSc2ccccn2)CC1. The van der Waals surface area contributed by atoms with Gasteiger partial charge in [0.15, 0.2) is 0 Å². The third-order valence-electron chi connectivity index (χ3n) is 3.98. The first kappa shape index (κ1) is 14.4. The van der Waals surface area contributed by atoms with Gasteiger partial charge in [0.25, 0.3) is 0 Å². The van der Waals surface area contributed by atoms with Gasteiger partial charge in [-0.25, -0.2) is 17.7 Å². The summed E-state index contributed by atoms with van der Waals surface area (Å²) in [5.74, 6) is 1.64. The Bertz CT molecular complexity index is 536. The largest absolute Gasteiger partial charge is 0.250 e. The Balaban J connectivity index is 1.47. The van der Waals surface area contributed by atoms with Gasteiger partial charge in [-0.15, -0.1) is 11.8 Å². The molecule has 1 aliphatic heterocycles. The minimum absolute atomic E-state index is 0.0676. The highest BCUT2D eigenvalue weighted by molar-refractivity contribution is 7.99. The van der Waals surface area contributed by atoms with E-state index < -0.39 is 10.0 Å². The summed E-state index contributed by atoms with van der Waals surface area (Å²) < 4.78 is 26.0. The lowest BCUT2D eigenvalue weighted by Crippen LogP contribution is -2.40. The maximum absolute atomic E-state index is 12.1. The summed E-state index contributed by atoms with van der Waals surface area (Å²) in [4.78, 5) is 4.31. The summed E-state index contributed by atoms with van der Waals surface area (Å²) in [5.41, 5.74) is 0. The molecule has 0 atom stereocenters. The molecule has 2 aliphatic rings. The summed E-state index contributed by atoms with van der Waals surface area (Å²) in [6, 6.07) is 5.95. The minimum atomic E-state index is -2.97. The van der Waals surface area contributed by atoms with Crippen LogP contribution in [-0.2, 0) is 10.0 Å². The molecule has 0 bridgehead atoms. The molecule has 0 N–H and O–H groups in total. The maximum atomic E-state index is 12.1. The van der Waals surface area contributed by atoms with Crippen molar-refractivity contribution >= 4 is 21.8 Å². The van der Waals surface area contributed by atoms with Crippen LogP contribution in [0.1, 0.15) is 25.7 Å². The Morgan fingerprint density at radius 2 is 1.95 bits per heavy atom. The first-order valence-corrected chi connectivity index (χ1v) is 9.68. The van der Waals surface area contributed by atoms with Crippen LogP contribution >= 0.6 is 11.8 Å². The zero-order valence-electron chi connectivity index (χ0n) is 11.4. The van der Waals surface area contributed by atoms with E-state index in [1.807, 2.05) is 24.4 Å². The number of piperidine rings is 1. The maximum Gasteiger partial charge on any atom is 0.216 e. The Hall–Kier alpha value is -0.590. The molecule has 1 aromatic rings. The molecule has 2 fully saturated rings. The van der Waals surface area contributed by atoms with Gasteiger partial charge in [-0.2, -0.15) is 0 Å². The first-order chi connectivity index (χ1) is 9.66. The molecule has 6 heteroatoms. The van der Waals surface area contributed by atoms with Gasteiger partial charge in [-0.1, -0.05) is 6.07 Å². The van der Waals surface area contributed by atoms with E-state index >= 15 is 0 Å². The quantitative estimate of drug-likeness (QED) is 0.783. The molecule has 0 radical (unpaired) electrons. The fourth-order valence-corrected chi connectivity index (χ4v) is 5.47. The summed E-state index contributed by atoms with van der Waals surface area (Å²) >= 11 is 1.78. The second-order valence-electron chi connectivity index (χ2n) is 5.57. The molecule has 110 valence electrons. The van der Waals surface area contributed by atoms with Crippen molar-refractivity contribution in [2.45, 2.75) is 36.0 Å². The average Bonchev–Trinajstić information content (AvgIpc) is 3.32. The molecule has 0 spiro atoms. The van der Waals surface area contributed by atoms with Crippen molar-refractivity contribution in [3.8, 4) is 0 Å². The van der Waals surface area contributed by atoms with E-state index in [9.17, 15) is 8.42 Å². The molecule has 0 aromatic carbocycles. The van der Waals surface area contributed by atoms with E-state index in [1.54, 1.807) is 16.1 Å². The zero-order valence-corrected chi connectivity index (χ0v) is 13.1. The summed E-state index contributed by atoms with van der Waals surface area (Å²) in [5, 5.41) is 0.988. The van der Waals surface area contributed by atoms with E-state index in [0.717, 1.165) is 36.5 Å². The van der Waals surface area contributed by atoms with E-state index in [4.69, 9.17) is 0 Å². The number of rotatable bonds is 5. The molecular weight excluding hydrogens is 292 g/mol. The molecular formula is C14H20N2O2S2. The summed E-state index contributed by atoms with van der Waals surface area (Å²) in [6.07, 6.45) is 5.49. The van der Waals surface area contributed by atoms with E-state index in [2.05, 4.69) is 4.98 Å². The smallest absolute Gasteiger partial charge is 0.216 e. The lowest BCUT2D eigenvalue weighted by molar-refractivity contribution is 0.290. The van der Waals surface area contributed by atoms with Gasteiger partial charge in [-0.05, 0) is 43.7 Å². The molecule has 1 saturated heterocycles. The van der Waals surface area contributed by atoms with E-state index in [0.29, 0.717) is 19.0 Å². The number of pyridine rings is 1. The monoisotopic (exact) mass is 312 g/mol. The van der Waals surface area contributed by atoms with Crippen LogP contribution in [0.4, 0.5) is 0 Å². The van der Waals surface area contributed by atoms with Crippen LogP contribution in [0.15, 0.2) is 29.4 Å². The van der Waals surface area contributed by atoms with Crippen molar-refractivity contribution in [1.82, 2.24) is 9.29 Å². The Morgan fingerprint density at radius 1 is 1.20 bits per heavy atom. The van der Waals surface area contributed by atoms with Crippen LogP contribution < -0.4 is 0 Å². The molecule has 0 unspecified atom stereocenters. The lowest BCUT2D eigenvalue weighted by atomic mass is 10.0. The highest BCUT2D eigenvalue weighted by atomic mass is 32.2.